The summed E-state index contributed by atoms with van der Waals surface area (Å²) in [6.45, 7) is -0.385. The molecule has 0 saturated carbocycles. The molecule has 1 aromatic rings. The molecule has 1 rings (SSSR count). The molecule has 8 heteroatoms. The highest BCUT2D eigenvalue weighted by Crippen LogP contribution is 2.23. The molecular formula is C11H11BrN2O5. The average molecular weight is 331 g/mol. The van der Waals surface area contributed by atoms with Crippen LogP contribution in [0.25, 0.3) is 0 Å². The second-order valence-corrected chi connectivity index (χ2v) is 4.71. The Morgan fingerprint density at radius 2 is 2.11 bits per heavy atom. The van der Waals surface area contributed by atoms with Crippen molar-refractivity contribution in [2.75, 3.05) is 13.6 Å². The van der Waals surface area contributed by atoms with E-state index in [0.29, 0.717) is 10.0 Å². The highest BCUT2D eigenvalue weighted by Gasteiger charge is 2.16. The largest absolute Gasteiger partial charge is 0.480 e. The Morgan fingerprint density at radius 1 is 1.47 bits per heavy atom. The first-order valence-electron chi connectivity index (χ1n) is 5.20. The zero-order valence-corrected chi connectivity index (χ0v) is 11.6. The zero-order chi connectivity index (χ0) is 14.6. The van der Waals surface area contributed by atoms with Crippen LogP contribution in [-0.2, 0) is 16.0 Å². The van der Waals surface area contributed by atoms with Crippen molar-refractivity contribution in [3.8, 4) is 0 Å². The second kappa shape index (κ2) is 6.28. The van der Waals surface area contributed by atoms with Crippen molar-refractivity contribution in [2.24, 2.45) is 0 Å². The van der Waals surface area contributed by atoms with E-state index in [-0.39, 0.29) is 24.6 Å². The molecule has 102 valence electrons. The molecular weight excluding hydrogens is 320 g/mol. The van der Waals surface area contributed by atoms with Crippen molar-refractivity contribution in [1.82, 2.24) is 4.90 Å². The van der Waals surface area contributed by atoms with Crippen LogP contribution < -0.4 is 0 Å². The summed E-state index contributed by atoms with van der Waals surface area (Å²) in [7, 11) is 1.38. The van der Waals surface area contributed by atoms with Crippen molar-refractivity contribution < 1.29 is 19.6 Å². The maximum atomic E-state index is 11.7. The number of rotatable bonds is 5. The Balaban J connectivity index is 2.80. The standard InChI is InChI=1S/C11H11BrN2O5/c1-13(6-11(16)17)10(15)4-7-2-3-8(14(18)19)5-9(7)12/h2-3,5H,4,6H2,1H3,(H,16,17). The van der Waals surface area contributed by atoms with E-state index >= 15 is 0 Å². The number of likely N-dealkylation sites (N-methyl/N-ethyl adjacent to an activating group) is 1. The minimum absolute atomic E-state index is 0.0254. The molecule has 0 spiro atoms. The van der Waals surface area contributed by atoms with Crippen molar-refractivity contribution in [2.45, 2.75) is 6.42 Å². The van der Waals surface area contributed by atoms with Gasteiger partial charge in [-0.05, 0) is 5.56 Å². The van der Waals surface area contributed by atoms with E-state index in [0.717, 1.165) is 4.90 Å². The molecule has 1 aromatic carbocycles. The number of benzene rings is 1. The number of hydrogen-bond acceptors (Lipinski definition) is 4. The summed E-state index contributed by atoms with van der Waals surface area (Å²) in [5.41, 5.74) is 0.481. The van der Waals surface area contributed by atoms with Gasteiger partial charge in [-0.25, -0.2) is 0 Å². The van der Waals surface area contributed by atoms with Gasteiger partial charge in [-0.3, -0.25) is 19.7 Å². The molecule has 0 atom stereocenters. The number of halogens is 1. The summed E-state index contributed by atoms with van der Waals surface area (Å²) in [5, 5.41) is 19.1. The van der Waals surface area contributed by atoms with Gasteiger partial charge in [0.1, 0.15) is 6.54 Å². The number of nitrogens with zero attached hydrogens (tertiary/aromatic N) is 2. The molecule has 0 aliphatic heterocycles. The van der Waals surface area contributed by atoms with E-state index < -0.39 is 10.9 Å². The Hall–Kier alpha value is -1.96. The van der Waals surface area contributed by atoms with Crippen LogP contribution in [-0.4, -0.2) is 40.4 Å². The van der Waals surface area contributed by atoms with Crippen LogP contribution in [0.4, 0.5) is 5.69 Å². The van der Waals surface area contributed by atoms with E-state index in [1.165, 1.54) is 25.2 Å². The third kappa shape index (κ3) is 4.32. The van der Waals surface area contributed by atoms with Crippen LogP contribution in [0.2, 0.25) is 0 Å². The predicted molar refractivity (Wildman–Crippen MR) is 69.8 cm³/mol. The summed E-state index contributed by atoms with van der Waals surface area (Å²) in [6, 6.07) is 4.07. The zero-order valence-electron chi connectivity index (χ0n) is 10.00. The number of nitro groups is 1. The number of carbonyl (C=O) groups is 2. The highest BCUT2D eigenvalue weighted by molar-refractivity contribution is 9.10. The fraction of sp³-hybridized carbons (Fsp3) is 0.273. The maximum Gasteiger partial charge on any atom is 0.323 e. The van der Waals surface area contributed by atoms with Crippen molar-refractivity contribution in [3.05, 3.63) is 38.3 Å². The number of hydrogen-bond donors (Lipinski definition) is 1. The van der Waals surface area contributed by atoms with E-state index in [9.17, 15) is 19.7 Å². The third-order valence-electron chi connectivity index (χ3n) is 2.39. The topological polar surface area (TPSA) is 101 Å². The average Bonchev–Trinajstić information content (AvgIpc) is 2.30. The molecule has 7 nitrogen and oxygen atoms in total. The summed E-state index contributed by atoms with van der Waals surface area (Å²) in [4.78, 5) is 33.3. The van der Waals surface area contributed by atoms with Gasteiger partial charge in [0.25, 0.3) is 5.69 Å². The highest BCUT2D eigenvalue weighted by atomic mass is 79.9. The van der Waals surface area contributed by atoms with Gasteiger partial charge in [-0.15, -0.1) is 0 Å². The van der Waals surface area contributed by atoms with Gasteiger partial charge in [0.2, 0.25) is 5.91 Å². The summed E-state index contributed by atoms with van der Waals surface area (Å²) >= 11 is 3.15. The maximum absolute atomic E-state index is 11.7. The van der Waals surface area contributed by atoms with E-state index in [1.807, 2.05) is 0 Å². The van der Waals surface area contributed by atoms with E-state index in [1.54, 1.807) is 0 Å². The molecule has 0 aliphatic carbocycles. The predicted octanol–water partition coefficient (Wildman–Crippen LogP) is 1.44. The quantitative estimate of drug-likeness (QED) is 0.650. The molecule has 1 amide bonds. The monoisotopic (exact) mass is 330 g/mol. The summed E-state index contributed by atoms with van der Waals surface area (Å²) < 4.78 is 0.443. The number of non-ortho nitro benzene ring substituents is 1. The van der Waals surface area contributed by atoms with Gasteiger partial charge in [0.05, 0.1) is 11.3 Å². The Labute approximate surface area is 117 Å². The van der Waals surface area contributed by atoms with Gasteiger partial charge in [0.15, 0.2) is 0 Å². The van der Waals surface area contributed by atoms with Gasteiger partial charge < -0.3 is 10.0 Å². The molecule has 0 heterocycles. The van der Waals surface area contributed by atoms with Crippen LogP contribution in [0.15, 0.2) is 22.7 Å². The number of aliphatic carboxylic acids is 1. The van der Waals surface area contributed by atoms with E-state index in [4.69, 9.17) is 5.11 Å². The molecule has 0 saturated heterocycles. The first kappa shape index (κ1) is 15.1. The van der Waals surface area contributed by atoms with Gasteiger partial charge in [-0.1, -0.05) is 22.0 Å². The smallest absolute Gasteiger partial charge is 0.323 e. The van der Waals surface area contributed by atoms with Crippen LogP contribution >= 0.6 is 15.9 Å². The number of carboxylic acid groups (broad SMARTS) is 1. The fourth-order valence-electron chi connectivity index (χ4n) is 1.38. The molecule has 19 heavy (non-hydrogen) atoms. The van der Waals surface area contributed by atoms with Gasteiger partial charge in [-0.2, -0.15) is 0 Å². The third-order valence-corrected chi connectivity index (χ3v) is 3.13. The van der Waals surface area contributed by atoms with Crippen molar-refractivity contribution in [3.63, 3.8) is 0 Å². The normalized spacial score (nSPS) is 10.0. The van der Waals surface area contributed by atoms with Crippen LogP contribution in [0.1, 0.15) is 5.56 Å². The summed E-state index contributed by atoms with van der Waals surface area (Å²) in [6.07, 6.45) is -0.0254. The number of amides is 1. The molecule has 0 bridgehead atoms. The van der Waals surface area contributed by atoms with E-state index in [2.05, 4.69) is 15.9 Å². The van der Waals surface area contributed by atoms with Gasteiger partial charge in [0, 0.05) is 23.7 Å². The van der Waals surface area contributed by atoms with Crippen molar-refractivity contribution in [1.29, 1.82) is 0 Å². The van der Waals surface area contributed by atoms with Gasteiger partial charge >= 0.3 is 5.97 Å². The van der Waals surface area contributed by atoms with Crippen molar-refractivity contribution >= 4 is 33.5 Å². The Bertz CT molecular complexity index is 532. The molecule has 0 aromatic heterocycles. The molecule has 0 radical (unpaired) electrons. The lowest BCUT2D eigenvalue weighted by Gasteiger charge is -2.14. The lowest BCUT2D eigenvalue weighted by atomic mass is 10.1. The molecule has 1 N–H and O–H groups in total. The second-order valence-electron chi connectivity index (χ2n) is 3.85. The van der Waals surface area contributed by atoms with Crippen LogP contribution in [0.3, 0.4) is 0 Å². The minimum Gasteiger partial charge on any atom is -0.480 e. The van der Waals surface area contributed by atoms with Crippen LogP contribution in [0, 0.1) is 10.1 Å². The van der Waals surface area contributed by atoms with Crippen LogP contribution in [0.5, 0.6) is 0 Å². The molecule has 0 fully saturated rings. The molecule has 0 aliphatic rings. The first-order valence-corrected chi connectivity index (χ1v) is 5.99. The lowest BCUT2D eigenvalue weighted by Crippen LogP contribution is -2.33. The number of carbonyl (C=O) groups excluding carboxylic acids is 1. The first-order chi connectivity index (χ1) is 8.81. The molecule has 0 unspecified atom stereocenters. The fourth-order valence-corrected chi connectivity index (χ4v) is 1.89. The number of carboxylic acids is 1. The summed E-state index contributed by atoms with van der Waals surface area (Å²) in [5.74, 6) is -1.48. The minimum atomic E-state index is -1.10. The SMILES string of the molecule is CN(CC(=O)O)C(=O)Cc1ccc([N+](=O)[O-])cc1Br. The lowest BCUT2D eigenvalue weighted by molar-refractivity contribution is -0.384. The number of nitro benzene ring substituents is 1. The Kier molecular flexibility index (Phi) is 4.99. The Morgan fingerprint density at radius 3 is 2.58 bits per heavy atom.